The van der Waals surface area contributed by atoms with Gasteiger partial charge in [0.1, 0.15) is 12.1 Å². The number of urea groups is 1. The number of hydrogen-bond donors (Lipinski definition) is 3. The molecule has 1 atom stereocenters. The van der Waals surface area contributed by atoms with Gasteiger partial charge in [-0.05, 0) is 30.9 Å². The van der Waals surface area contributed by atoms with Gasteiger partial charge in [0.2, 0.25) is 11.8 Å². The van der Waals surface area contributed by atoms with Gasteiger partial charge in [0.15, 0.2) is 0 Å². The highest BCUT2D eigenvalue weighted by Crippen LogP contribution is 2.29. The molecule has 1 heterocycles. The summed E-state index contributed by atoms with van der Waals surface area (Å²) in [6.07, 6.45) is 2.75. The van der Waals surface area contributed by atoms with E-state index in [-0.39, 0.29) is 12.5 Å². The van der Waals surface area contributed by atoms with E-state index in [9.17, 15) is 19.2 Å². The Morgan fingerprint density at radius 2 is 1.71 bits per heavy atom. The van der Waals surface area contributed by atoms with Gasteiger partial charge in [-0.2, -0.15) is 0 Å². The Hall–Kier alpha value is -2.90. The minimum Gasteiger partial charge on any atom is -0.355 e. The van der Waals surface area contributed by atoms with E-state index in [1.807, 2.05) is 31.2 Å². The van der Waals surface area contributed by atoms with Crippen molar-refractivity contribution >= 4 is 23.8 Å². The summed E-state index contributed by atoms with van der Waals surface area (Å²) in [5.41, 5.74) is 0.595. The molecule has 28 heavy (non-hydrogen) atoms. The Bertz CT molecular complexity index is 747. The maximum absolute atomic E-state index is 12.8. The molecule has 1 aromatic carbocycles. The molecule has 0 bridgehead atoms. The van der Waals surface area contributed by atoms with E-state index in [1.165, 1.54) is 0 Å². The molecule has 8 nitrogen and oxygen atoms in total. The fourth-order valence-corrected chi connectivity index (χ4v) is 3.03. The largest absolute Gasteiger partial charge is 0.355 e. The van der Waals surface area contributed by atoms with Gasteiger partial charge in [-0.25, -0.2) is 4.79 Å². The molecule has 0 saturated carbocycles. The van der Waals surface area contributed by atoms with Crippen LogP contribution in [0.4, 0.5) is 4.79 Å². The molecule has 1 fully saturated rings. The first-order valence-electron chi connectivity index (χ1n) is 9.58. The van der Waals surface area contributed by atoms with Crippen molar-refractivity contribution in [1.82, 2.24) is 20.9 Å². The molecule has 0 unspecified atom stereocenters. The Labute approximate surface area is 165 Å². The molecule has 1 aliphatic heterocycles. The molecule has 0 aliphatic carbocycles. The number of amides is 5. The van der Waals surface area contributed by atoms with Crippen LogP contribution in [0.3, 0.4) is 0 Å². The smallest absolute Gasteiger partial charge is 0.325 e. The fourth-order valence-electron chi connectivity index (χ4n) is 3.03. The third-order valence-corrected chi connectivity index (χ3v) is 4.66. The summed E-state index contributed by atoms with van der Waals surface area (Å²) in [6.45, 7) is 5.53. The van der Waals surface area contributed by atoms with Crippen LogP contribution in [-0.2, 0) is 26.3 Å². The quantitative estimate of drug-likeness (QED) is 0.550. The minimum absolute atomic E-state index is 0.196. The van der Waals surface area contributed by atoms with Crippen molar-refractivity contribution in [2.75, 3.05) is 19.6 Å². The van der Waals surface area contributed by atoms with Gasteiger partial charge in [-0.3, -0.25) is 19.3 Å². The maximum Gasteiger partial charge on any atom is 0.325 e. The summed E-state index contributed by atoms with van der Waals surface area (Å²) in [5, 5.41) is 7.73. The van der Waals surface area contributed by atoms with Gasteiger partial charge in [0.25, 0.3) is 5.91 Å². The van der Waals surface area contributed by atoms with Crippen LogP contribution >= 0.6 is 0 Å². The van der Waals surface area contributed by atoms with E-state index >= 15 is 0 Å². The van der Waals surface area contributed by atoms with Crippen molar-refractivity contribution in [1.29, 1.82) is 0 Å². The zero-order valence-electron chi connectivity index (χ0n) is 16.6. The van der Waals surface area contributed by atoms with Crippen molar-refractivity contribution in [2.24, 2.45) is 0 Å². The van der Waals surface area contributed by atoms with Crippen LogP contribution in [0, 0.1) is 0 Å². The molecule has 0 aromatic heterocycles. The zero-order chi connectivity index (χ0) is 20.7. The highest BCUT2D eigenvalue weighted by molar-refractivity contribution is 6.09. The number of benzene rings is 1. The number of carbonyl (C=O) groups excluding carboxylic acids is 4. The molecule has 3 N–H and O–H groups in total. The van der Waals surface area contributed by atoms with Crippen molar-refractivity contribution in [3.8, 4) is 0 Å². The first-order valence-corrected chi connectivity index (χ1v) is 9.58. The molecule has 0 spiro atoms. The second-order valence-corrected chi connectivity index (χ2v) is 7.02. The van der Waals surface area contributed by atoms with Crippen molar-refractivity contribution in [3.63, 3.8) is 0 Å². The molecule has 1 aliphatic rings. The standard InChI is InChI=1S/C20H28N4O4/c1-4-6-14-7-9-15(10-8-14)20(3)18(27)24(19(28)23-20)13-17(26)22-12-16(25)21-11-5-2/h7-10H,4-6,11-13H2,1-3H3,(H,21,25)(H,22,26)(H,23,28)/t20-/m0/s1. The molecule has 1 aromatic rings. The SMILES string of the molecule is CCCNC(=O)CNC(=O)CN1C(=O)N[C@@](C)(c2ccc(CCC)cc2)C1=O. The first kappa shape index (κ1) is 21.4. The first-order chi connectivity index (χ1) is 13.3. The third kappa shape index (κ3) is 4.88. The van der Waals surface area contributed by atoms with Crippen LogP contribution in [0.25, 0.3) is 0 Å². The average molecular weight is 388 g/mol. The summed E-state index contributed by atoms with van der Waals surface area (Å²) < 4.78 is 0. The summed E-state index contributed by atoms with van der Waals surface area (Å²) in [4.78, 5) is 49.6. The average Bonchev–Trinajstić information content (AvgIpc) is 2.89. The Morgan fingerprint density at radius 3 is 2.32 bits per heavy atom. The van der Waals surface area contributed by atoms with E-state index in [4.69, 9.17) is 0 Å². The lowest BCUT2D eigenvalue weighted by Gasteiger charge is -2.22. The molecule has 2 rings (SSSR count). The third-order valence-electron chi connectivity index (χ3n) is 4.66. The monoisotopic (exact) mass is 388 g/mol. The number of carbonyl (C=O) groups is 4. The molecule has 5 amide bonds. The predicted octanol–water partition coefficient (Wildman–Crippen LogP) is 1.05. The summed E-state index contributed by atoms with van der Waals surface area (Å²) >= 11 is 0. The van der Waals surface area contributed by atoms with Crippen LogP contribution in [0.15, 0.2) is 24.3 Å². The van der Waals surface area contributed by atoms with Gasteiger partial charge in [-0.15, -0.1) is 0 Å². The number of imide groups is 1. The molecular weight excluding hydrogens is 360 g/mol. The van der Waals surface area contributed by atoms with E-state index in [0.29, 0.717) is 12.1 Å². The summed E-state index contributed by atoms with van der Waals surface area (Å²) in [5.74, 6) is -1.38. The maximum atomic E-state index is 12.8. The van der Waals surface area contributed by atoms with Crippen LogP contribution in [0.2, 0.25) is 0 Å². The van der Waals surface area contributed by atoms with E-state index in [0.717, 1.165) is 29.7 Å². The van der Waals surface area contributed by atoms with Crippen molar-refractivity contribution in [3.05, 3.63) is 35.4 Å². The Kier molecular flexibility index (Phi) is 7.14. The molecule has 0 radical (unpaired) electrons. The summed E-state index contributed by atoms with van der Waals surface area (Å²) in [6, 6.07) is 6.90. The van der Waals surface area contributed by atoms with E-state index in [2.05, 4.69) is 22.9 Å². The van der Waals surface area contributed by atoms with E-state index in [1.54, 1.807) is 6.92 Å². The number of nitrogens with one attached hydrogen (secondary N) is 3. The molecule has 1 saturated heterocycles. The number of rotatable bonds is 9. The summed E-state index contributed by atoms with van der Waals surface area (Å²) in [7, 11) is 0. The minimum atomic E-state index is -1.22. The van der Waals surface area contributed by atoms with E-state index < -0.39 is 29.9 Å². The van der Waals surface area contributed by atoms with Gasteiger partial charge >= 0.3 is 6.03 Å². The molecular formula is C20H28N4O4. The second-order valence-electron chi connectivity index (χ2n) is 7.02. The van der Waals surface area contributed by atoms with Gasteiger partial charge < -0.3 is 16.0 Å². The Balaban J connectivity index is 2.00. The van der Waals surface area contributed by atoms with Crippen LogP contribution < -0.4 is 16.0 Å². The van der Waals surface area contributed by atoms with Gasteiger partial charge in [0.05, 0.1) is 6.54 Å². The lowest BCUT2D eigenvalue weighted by molar-refractivity contribution is -0.135. The highest BCUT2D eigenvalue weighted by Gasteiger charge is 2.49. The molecule has 8 heteroatoms. The van der Waals surface area contributed by atoms with Crippen LogP contribution in [0.1, 0.15) is 44.7 Å². The normalized spacial score (nSPS) is 18.8. The van der Waals surface area contributed by atoms with Gasteiger partial charge in [-0.1, -0.05) is 44.5 Å². The fraction of sp³-hybridized carbons (Fsp3) is 0.500. The highest BCUT2D eigenvalue weighted by atomic mass is 16.2. The number of aryl methyl sites for hydroxylation is 1. The molecule has 152 valence electrons. The van der Waals surface area contributed by atoms with Crippen LogP contribution in [-0.4, -0.2) is 48.3 Å². The van der Waals surface area contributed by atoms with Crippen LogP contribution in [0.5, 0.6) is 0 Å². The number of hydrogen-bond acceptors (Lipinski definition) is 4. The zero-order valence-corrected chi connectivity index (χ0v) is 16.6. The Morgan fingerprint density at radius 1 is 1.04 bits per heavy atom. The second kappa shape index (κ2) is 9.34. The van der Waals surface area contributed by atoms with Crippen molar-refractivity contribution < 1.29 is 19.2 Å². The predicted molar refractivity (Wildman–Crippen MR) is 104 cm³/mol. The number of nitrogens with zero attached hydrogens (tertiary/aromatic N) is 1. The lowest BCUT2D eigenvalue weighted by Crippen LogP contribution is -2.45. The van der Waals surface area contributed by atoms with Gasteiger partial charge in [0, 0.05) is 6.54 Å². The lowest BCUT2D eigenvalue weighted by atomic mass is 9.91. The topological polar surface area (TPSA) is 108 Å². The van der Waals surface area contributed by atoms with Crippen molar-refractivity contribution in [2.45, 2.75) is 45.6 Å².